The average molecular weight is 298 g/mol. The summed E-state index contributed by atoms with van der Waals surface area (Å²) in [6.07, 6.45) is 0. The lowest BCUT2D eigenvalue weighted by Gasteiger charge is -2.01. The van der Waals surface area contributed by atoms with Crippen LogP contribution in [0.5, 0.6) is 0 Å². The van der Waals surface area contributed by atoms with Crippen LogP contribution in [0.15, 0.2) is 63.9 Å². The highest BCUT2D eigenvalue weighted by Crippen LogP contribution is 2.20. The van der Waals surface area contributed by atoms with E-state index in [0.29, 0.717) is 10.5 Å². The van der Waals surface area contributed by atoms with Crippen molar-refractivity contribution in [2.75, 3.05) is 5.75 Å². The minimum Gasteiger partial charge on any atom is -0.453 e. The Morgan fingerprint density at radius 1 is 1.10 bits per heavy atom. The van der Waals surface area contributed by atoms with Crippen LogP contribution in [0, 0.1) is 6.92 Å². The maximum absolute atomic E-state index is 12.2. The van der Waals surface area contributed by atoms with Crippen LogP contribution in [-0.4, -0.2) is 15.7 Å². The van der Waals surface area contributed by atoms with E-state index < -0.39 is 10.8 Å². The summed E-state index contributed by atoms with van der Waals surface area (Å²) in [6.45, 7) is 1.93. The molecule has 3 rings (SSSR count). The second-order valence-corrected chi connectivity index (χ2v) is 6.33. The van der Waals surface area contributed by atoms with Crippen molar-refractivity contribution in [2.45, 2.75) is 11.8 Å². The monoisotopic (exact) mass is 298 g/mol. The Balaban J connectivity index is 1.81. The van der Waals surface area contributed by atoms with Gasteiger partial charge in [-0.3, -0.25) is 9.00 Å². The van der Waals surface area contributed by atoms with Crippen molar-refractivity contribution in [3.8, 4) is 0 Å². The summed E-state index contributed by atoms with van der Waals surface area (Å²) >= 11 is 0. The Bertz CT molecular complexity index is 800. The highest BCUT2D eigenvalue weighted by molar-refractivity contribution is 7.85. The molecule has 0 aliphatic heterocycles. The maximum Gasteiger partial charge on any atom is 0.210 e. The van der Waals surface area contributed by atoms with Crippen LogP contribution in [0.1, 0.15) is 16.1 Å². The molecule has 1 heterocycles. The van der Waals surface area contributed by atoms with Crippen LogP contribution in [0.25, 0.3) is 11.0 Å². The topological polar surface area (TPSA) is 47.3 Å². The number of furan rings is 1. The van der Waals surface area contributed by atoms with E-state index in [-0.39, 0.29) is 17.3 Å². The molecule has 2 aromatic carbocycles. The molecule has 0 amide bonds. The summed E-state index contributed by atoms with van der Waals surface area (Å²) in [6, 6.07) is 16.5. The number of ketones is 1. The molecule has 0 saturated heterocycles. The van der Waals surface area contributed by atoms with Gasteiger partial charge >= 0.3 is 0 Å². The SMILES string of the molecule is Cc1cccc(S(=O)CC(=O)c2cc3ccccc3o2)c1. The number of Topliss-reactive ketones (excluding diaryl/α,β-unsaturated/α-hetero) is 1. The molecule has 1 atom stereocenters. The number of carbonyl (C=O) groups is 1. The van der Waals surface area contributed by atoms with Crippen molar-refractivity contribution in [2.24, 2.45) is 0 Å². The summed E-state index contributed by atoms with van der Waals surface area (Å²) in [7, 11) is -1.36. The van der Waals surface area contributed by atoms with E-state index in [9.17, 15) is 9.00 Å². The largest absolute Gasteiger partial charge is 0.453 e. The lowest BCUT2D eigenvalue weighted by Crippen LogP contribution is -2.10. The second kappa shape index (κ2) is 5.66. The lowest BCUT2D eigenvalue weighted by atomic mass is 10.2. The first-order chi connectivity index (χ1) is 10.1. The normalized spacial score (nSPS) is 12.4. The third-order valence-electron chi connectivity index (χ3n) is 3.21. The number of para-hydroxylation sites is 1. The van der Waals surface area contributed by atoms with Crippen molar-refractivity contribution in [3.63, 3.8) is 0 Å². The predicted molar refractivity (Wildman–Crippen MR) is 83.0 cm³/mol. The number of hydrogen-bond acceptors (Lipinski definition) is 3. The van der Waals surface area contributed by atoms with Gasteiger partial charge in [0, 0.05) is 10.3 Å². The van der Waals surface area contributed by atoms with Crippen molar-refractivity contribution < 1.29 is 13.4 Å². The number of aryl methyl sites for hydroxylation is 1. The van der Waals surface area contributed by atoms with Crippen LogP contribution in [0.4, 0.5) is 0 Å². The zero-order valence-electron chi connectivity index (χ0n) is 11.5. The van der Waals surface area contributed by atoms with Crippen LogP contribution in [0.3, 0.4) is 0 Å². The van der Waals surface area contributed by atoms with E-state index >= 15 is 0 Å². The van der Waals surface area contributed by atoms with Gasteiger partial charge in [0.2, 0.25) is 5.78 Å². The molecule has 0 saturated carbocycles. The predicted octanol–water partition coefficient (Wildman–Crippen LogP) is 3.73. The Morgan fingerprint density at radius 3 is 2.67 bits per heavy atom. The van der Waals surface area contributed by atoms with Crippen LogP contribution >= 0.6 is 0 Å². The molecule has 0 spiro atoms. The molecule has 106 valence electrons. The number of hydrogen-bond donors (Lipinski definition) is 0. The van der Waals surface area contributed by atoms with Gasteiger partial charge in [-0.1, -0.05) is 30.3 Å². The van der Waals surface area contributed by atoms with Crippen LogP contribution < -0.4 is 0 Å². The van der Waals surface area contributed by atoms with Crippen LogP contribution in [-0.2, 0) is 10.8 Å². The third-order valence-corrected chi connectivity index (χ3v) is 4.52. The Morgan fingerprint density at radius 2 is 1.90 bits per heavy atom. The van der Waals surface area contributed by atoms with Gasteiger partial charge in [0.05, 0.1) is 16.6 Å². The van der Waals surface area contributed by atoms with Crippen LogP contribution in [0.2, 0.25) is 0 Å². The number of benzene rings is 2. The van der Waals surface area contributed by atoms with Gasteiger partial charge in [0.1, 0.15) is 5.58 Å². The Labute approximate surface area is 125 Å². The fourth-order valence-corrected chi connectivity index (χ4v) is 3.24. The van der Waals surface area contributed by atoms with E-state index in [1.165, 1.54) is 0 Å². The van der Waals surface area contributed by atoms with Crippen molar-refractivity contribution in [3.05, 3.63) is 65.9 Å². The molecule has 4 heteroatoms. The summed E-state index contributed by atoms with van der Waals surface area (Å²) in [5.74, 6) is -0.0493. The molecule has 0 radical (unpaired) electrons. The standard InChI is InChI=1S/C17H14O3S/c1-12-5-4-7-14(9-12)21(19)11-15(18)17-10-13-6-2-3-8-16(13)20-17/h2-10H,11H2,1H3. The number of fused-ring (bicyclic) bond motifs is 1. The summed E-state index contributed by atoms with van der Waals surface area (Å²) < 4.78 is 17.8. The van der Waals surface area contributed by atoms with Gasteiger partial charge in [0.15, 0.2) is 5.76 Å². The first-order valence-corrected chi connectivity index (χ1v) is 7.92. The summed E-state index contributed by atoms with van der Waals surface area (Å²) in [5.41, 5.74) is 1.69. The zero-order chi connectivity index (χ0) is 14.8. The van der Waals surface area contributed by atoms with Gasteiger partial charge in [-0.05, 0) is 36.8 Å². The van der Waals surface area contributed by atoms with Crippen molar-refractivity contribution in [1.82, 2.24) is 0 Å². The Kier molecular flexibility index (Phi) is 3.71. The minimum atomic E-state index is -1.36. The molecule has 3 nitrogen and oxygen atoms in total. The molecular weight excluding hydrogens is 284 g/mol. The fourth-order valence-electron chi connectivity index (χ4n) is 2.15. The van der Waals surface area contributed by atoms with Gasteiger partial charge in [0.25, 0.3) is 0 Å². The molecule has 1 aromatic heterocycles. The van der Waals surface area contributed by atoms with E-state index in [4.69, 9.17) is 4.42 Å². The molecule has 1 unspecified atom stereocenters. The first-order valence-electron chi connectivity index (χ1n) is 6.60. The quantitative estimate of drug-likeness (QED) is 0.689. The number of rotatable bonds is 4. The summed E-state index contributed by atoms with van der Waals surface area (Å²) in [4.78, 5) is 12.9. The Hall–Kier alpha value is -2.20. The molecule has 21 heavy (non-hydrogen) atoms. The lowest BCUT2D eigenvalue weighted by molar-refractivity contribution is 0.0993. The fraction of sp³-hybridized carbons (Fsp3) is 0.118. The van der Waals surface area contributed by atoms with Gasteiger partial charge < -0.3 is 4.42 Å². The van der Waals surface area contributed by atoms with Crippen molar-refractivity contribution >= 4 is 27.6 Å². The van der Waals surface area contributed by atoms with E-state index in [0.717, 1.165) is 10.9 Å². The molecule has 0 fully saturated rings. The van der Waals surface area contributed by atoms with E-state index in [2.05, 4.69) is 0 Å². The zero-order valence-corrected chi connectivity index (χ0v) is 12.4. The molecule has 3 aromatic rings. The van der Waals surface area contributed by atoms with Gasteiger partial charge in [-0.2, -0.15) is 0 Å². The van der Waals surface area contributed by atoms with E-state index in [1.54, 1.807) is 12.1 Å². The molecule has 0 aliphatic rings. The molecule has 0 bridgehead atoms. The third kappa shape index (κ3) is 2.95. The first kappa shape index (κ1) is 13.8. The second-order valence-electron chi connectivity index (χ2n) is 4.88. The van der Waals surface area contributed by atoms with Gasteiger partial charge in [-0.15, -0.1) is 0 Å². The maximum atomic E-state index is 12.2. The smallest absolute Gasteiger partial charge is 0.210 e. The molecule has 0 aliphatic carbocycles. The highest BCUT2D eigenvalue weighted by Gasteiger charge is 2.16. The average Bonchev–Trinajstić information content (AvgIpc) is 2.91. The van der Waals surface area contributed by atoms with Crippen molar-refractivity contribution in [1.29, 1.82) is 0 Å². The van der Waals surface area contributed by atoms with Gasteiger partial charge in [-0.25, -0.2) is 0 Å². The highest BCUT2D eigenvalue weighted by atomic mass is 32.2. The number of carbonyl (C=O) groups excluding carboxylic acids is 1. The summed E-state index contributed by atoms with van der Waals surface area (Å²) in [5, 5.41) is 0.877. The molecular formula is C17H14O3S. The molecule has 0 N–H and O–H groups in total. The van der Waals surface area contributed by atoms with E-state index in [1.807, 2.05) is 49.4 Å². The minimum absolute atomic E-state index is 0.0662.